The molecule has 148 valence electrons. The smallest absolute Gasteiger partial charge is 0.319 e. The number of hydrogen-bond donors (Lipinski definition) is 2. The lowest BCUT2D eigenvalue weighted by atomic mass is 10.1. The second-order valence-electron chi connectivity index (χ2n) is 6.84. The summed E-state index contributed by atoms with van der Waals surface area (Å²) in [4.78, 5) is 26.8. The maximum atomic E-state index is 12.8. The lowest BCUT2D eigenvalue weighted by Crippen LogP contribution is -2.45. The molecular weight excluding hydrogens is 430 g/mol. The zero-order chi connectivity index (χ0) is 19.1. The van der Waals surface area contributed by atoms with Crippen LogP contribution in [0, 0.1) is 0 Å². The minimum atomic E-state index is -0.299. The summed E-state index contributed by atoms with van der Waals surface area (Å²) in [5.41, 5.74) is 0.713. The van der Waals surface area contributed by atoms with Crippen LogP contribution in [0.2, 0.25) is 0 Å². The molecule has 1 aromatic rings. The van der Waals surface area contributed by atoms with Crippen molar-refractivity contribution in [2.24, 2.45) is 0 Å². The first-order valence-corrected chi connectivity index (χ1v) is 11.4. The fourth-order valence-corrected chi connectivity index (χ4v) is 4.85. The lowest BCUT2D eigenvalue weighted by molar-refractivity contribution is -0.134. The van der Waals surface area contributed by atoms with Crippen LogP contribution < -0.4 is 10.6 Å². The van der Waals surface area contributed by atoms with Gasteiger partial charge in [-0.25, -0.2) is 4.79 Å². The molecule has 2 heterocycles. The highest BCUT2D eigenvalue weighted by atomic mass is 79.9. The Hall–Kier alpha value is -1.25. The molecule has 2 N–H and O–H groups in total. The molecule has 2 fully saturated rings. The van der Waals surface area contributed by atoms with E-state index in [9.17, 15) is 9.59 Å². The van der Waals surface area contributed by atoms with Crippen LogP contribution in [0.25, 0.3) is 0 Å². The molecule has 8 heteroatoms. The van der Waals surface area contributed by atoms with Gasteiger partial charge in [0.15, 0.2) is 0 Å². The third kappa shape index (κ3) is 6.40. The Morgan fingerprint density at radius 1 is 1.26 bits per heavy atom. The molecule has 1 aromatic carbocycles. The van der Waals surface area contributed by atoms with E-state index in [4.69, 9.17) is 4.74 Å². The normalized spacial score (nSPS) is 21.8. The number of nitrogens with zero attached hydrogens (tertiary/aromatic N) is 1. The van der Waals surface area contributed by atoms with Gasteiger partial charge in [0, 0.05) is 48.1 Å². The van der Waals surface area contributed by atoms with Crippen LogP contribution in [0.15, 0.2) is 28.7 Å². The molecule has 2 aliphatic rings. The summed E-state index contributed by atoms with van der Waals surface area (Å²) in [5.74, 6) is 2.20. The van der Waals surface area contributed by atoms with Gasteiger partial charge in [-0.1, -0.05) is 15.9 Å². The van der Waals surface area contributed by atoms with Crippen molar-refractivity contribution in [1.29, 1.82) is 0 Å². The highest BCUT2D eigenvalue weighted by molar-refractivity contribution is 9.10. The summed E-state index contributed by atoms with van der Waals surface area (Å²) < 4.78 is 6.68. The molecule has 2 unspecified atom stereocenters. The van der Waals surface area contributed by atoms with Crippen molar-refractivity contribution in [2.45, 2.75) is 37.8 Å². The lowest BCUT2D eigenvalue weighted by Gasteiger charge is -2.31. The van der Waals surface area contributed by atoms with Gasteiger partial charge in [0.2, 0.25) is 5.91 Å². The van der Waals surface area contributed by atoms with Gasteiger partial charge in [-0.05, 0) is 49.3 Å². The summed E-state index contributed by atoms with van der Waals surface area (Å²) in [7, 11) is 0. The maximum Gasteiger partial charge on any atom is 0.319 e. The van der Waals surface area contributed by atoms with Gasteiger partial charge in [0.05, 0.1) is 6.10 Å². The Balaban J connectivity index is 1.44. The largest absolute Gasteiger partial charge is 0.376 e. The molecule has 0 bridgehead atoms. The van der Waals surface area contributed by atoms with Crippen molar-refractivity contribution in [1.82, 2.24) is 10.2 Å². The highest BCUT2D eigenvalue weighted by Gasteiger charge is 2.30. The molecule has 2 aliphatic heterocycles. The highest BCUT2D eigenvalue weighted by Crippen LogP contribution is 2.25. The molecule has 0 radical (unpaired) electrons. The van der Waals surface area contributed by atoms with Gasteiger partial charge in [-0.15, -0.1) is 0 Å². The molecule has 0 spiro atoms. The number of carbonyl (C=O) groups excluding carboxylic acids is 2. The van der Waals surface area contributed by atoms with Crippen LogP contribution >= 0.6 is 27.7 Å². The Kier molecular flexibility index (Phi) is 7.84. The second kappa shape index (κ2) is 10.3. The van der Waals surface area contributed by atoms with Gasteiger partial charge < -0.3 is 20.3 Å². The van der Waals surface area contributed by atoms with E-state index in [0.717, 1.165) is 41.8 Å². The minimum Gasteiger partial charge on any atom is -0.376 e. The standard InChI is InChI=1S/C19H26BrN3O3S/c20-14-3-5-15(6-4-14)22-19(25)21-9-7-18(24)23(16-8-11-27-13-16)12-17-2-1-10-26-17/h3-6,16-17H,1-2,7-13H2,(H2,21,22,25). The summed E-state index contributed by atoms with van der Waals surface area (Å²) in [5, 5.41) is 5.54. The number of anilines is 1. The third-order valence-corrected chi connectivity index (χ3v) is 6.49. The average Bonchev–Trinajstić information content (AvgIpc) is 3.35. The van der Waals surface area contributed by atoms with E-state index >= 15 is 0 Å². The van der Waals surface area contributed by atoms with Crippen molar-refractivity contribution in [3.8, 4) is 0 Å². The number of benzene rings is 1. The number of carbonyl (C=O) groups is 2. The third-order valence-electron chi connectivity index (χ3n) is 4.82. The van der Waals surface area contributed by atoms with E-state index in [0.29, 0.717) is 31.2 Å². The Morgan fingerprint density at radius 2 is 2.07 bits per heavy atom. The number of amides is 3. The van der Waals surface area contributed by atoms with E-state index in [1.54, 1.807) is 0 Å². The second-order valence-corrected chi connectivity index (χ2v) is 8.90. The van der Waals surface area contributed by atoms with Crippen molar-refractivity contribution in [3.05, 3.63) is 28.7 Å². The van der Waals surface area contributed by atoms with Gasteiger partial charge in [0.25, 0.3) is 0 Å². The first kappa shape index (κ1) is 20.5. The number of ether oxygens (including phenoxy) is 1. The molecular formula is C19H26BrN3O3S. The van der Waals surface area contributed by atoms with E-state index in [-0.39, 0.29) is 18.0 Å². The molecule has 27 heavy (non-hydrogen) atoms. The Labute approximate surface area is 172 Å². The molecule has 6 nitrogen and oxygen atoms in total. The topological polar surface area (TPSA) is 70.7 Å². The molecule has 0 saturated carbocycles. The Morgan fingerprint density at radius 3 is 2.74 bits per heavy atom. The first-order valence-electron chi connectivity index (χ1n) is 9.41. The number of urea groups is 1. The maximum absolute atomic E-state index is 12.8. The number of hydrogen-bond acceptors (Lipinski definition) is 4. The summed E-state index contributed by atoms with van der Waals surface area (Å²) in [6.45, 7) is 1.79. The Bertz CT molecular complexity index is 632. The van der Waals surface area contributed by atoms with Gasteiger partial charge in [-0.2, -0.15) is 11.8 Å². The van der Waals surface area contributed by atoms with Crippen LogP contribution in [0.1, 0.15) is 25.7 Å². The van der Waals surface area contributed by atoms with E-state index < -0.39 is 0 Å². The predicted octanol–water partition coefficient (Wildman–Crippen LogP) is 3.47. The van der Waals surface area contributed by atoms with Gasteiger partial charge >= 0.3 is 6.03 Å². The monoisotopic (exact) mass is 455 g/mol. The van der Waals surface area contributed by atoms with E-state index in [1.165, 1.54) is 0 Å². The molecule has 0 aromatic heterocycles. The summed E-state index contributed by atoms with van der Waals surface area (Å²) in [6.07, 6.45) is 3.61. The zero-order valence-corrected chi connectivity index (χ0v) is 17.7. The van der Waals surface area contributed by atoms with Crippen LogP contribution in [0.3, 0.4) is 0 Å². The molecule has 0 aliphatic carbocycles. The zero-order valence-electron chi connectivity index (χ0n) is 15.3. The number of rotatable bonds is 7. The fraction of sp³-hybridized carbons (Fsp3) is 0.579. The SMILES string of the molecule is O=C(NCCC(=O)N(CC1CCCO1)C1CCSC1)Nc1ccc(Br)cc1. The molecule has 2 atom stereocenters. The summed E-state index contributed by atoms with van der Waals surface area (Å²) >= 11 is 5.26. The molecule has 3 amide bonds. The van der Waals surface area contributed by atoms with Crippen molar-refractivity contribution in [2.75, 3.05) is 36.5 Å². The van der Waals surface area contributed by atoms with E-state index in [2.05, 4.69) is 26.6 Å². The summed E-state index contributed by atoms with van der Waals surface area (Å²) in [6, 6.07) is 7.35. The van der Waals surface area contributed by atoms with Crippen LogP contribution in [0.4, 0.5) is 10.5 Å². The van der Waals surface area contributed by atoms with Crippen LogP contribution in [-0.2, 0) is 9.53 Å². The first-order chi connectivity index (χ1) is 13.1. The van der Waals surface area contributed by atoms with Crippen molar-refractivity contribution >= 4 is 45.3 Å². The number of halogens is 1. The average molecular weight is 456 g/mol. The quantitative estimate of drug-likeness (QED) is 0.659. The molecule has 2 saturated heterocycles. The van der Waals surface area contributed by atoms with Gasteiger partial charge in [-0.3, -0.25) is 4.79 Å². The minimum absolute atomic E-state index is 0.0990. The predicted molar refractivity (Wildman–Crippen MR) is 112 cm³/mol. The van der Waals surface area contributed by atoms with Gasteiger partial charge in [0.1, 0.15) is 0 Å². The van der Waals surface area contributed by atoms with Crippen molar-refractivity contribution in [3.63, 3.8) is 0 Å². The van der Waals surface area contributed by atoms with E-state index in [1.807, 2.05) is 40.9 Å². The van der Waals surface area contributed by atoms with Crippen LogP contribution in [0.5, 0.6) is 0 Å². The molecule has 3 rings (SSSR count). The fourth-order valence-electron chi connectivity index (χ4n) is 3.37. The van der Waals surface area contributed by atoms with Crippen LogP contribution in [-0.4, -0.2) is 60.2 Å². The van der Waals surface area contributed by atoms with Crippen molar-refractivity contribution < 1.29 is 14.3 Å². The number of thioether (sulfide) groups is 1. The number of nitrogens with one attached hydrogen (secondary N) is 2.